The molecule has 2 aromatic carbocycles. The highest BCUT2D eigenvalue weighted by Crippen LogP contribution is 2.18. The van der Waals surface area contributed by atoms with Crippen molar-refractivity contribution in [3.63, 3.8) is 0 Å². The third-order valence-electron chi connectivity index (χ3n) is 5.04. The first-order chi connectivity index (χ1) is 15.7. The fourth-order valence-electron chi connectivity index (χ4n) is 3.41. The second kappa shape index (κ2) is 10.7. The van der Waals surface area contributed by atoms with Crippen LogP contribution in [-0.2, 0) is 24.3 Å². The molecule has 2 heterocycles. The fraction of sp³-hybridized carbons (Fsp3) is 0.200. The summed E-state index contributed by atoms with van der Waals surface area (Å²) in [6.07, 6.45) is 3.38. The van der Waals surface area contributed by atoms with Crippen LogP contribution in [0.2, 0.25) is 0 Å². The van der Waals surface area contributed by atoms with Gasteiger partial charge in [-0.25, -0.2) is 4.98 Å². The molecule has 0 aliphatic rings. The number of aryl methyl sites for hydroxylation is 1. The number of aromatic nitrogens is 3. The van der Waals surface area contributed by atoms with E-state index in [0.29, 0.717) is 29.1 Å². The molecule has 6 nitrogen and oxygen atoms in total. The standard InChI is InChI=1S/C25H24N4O2S/c30-23(27-17-20-12-6-7-15-26-20)18-32-25-28-22-14-5-4-13-21(22)24(31)29(25)16-8-11-19-9-2-1-3-10-19/h1-7,9-10,12-15H,8,11,16-18H2,(H,27,30). The maximum absolute atomic E-state index is 13.1. The van der Waals surface area contributed by atoms with E-state index in [4.69, 9.17) is 0 Å². The van der Waals surface area contributed by atoms with Gasteiger partial charge >= 0.3 is 0 Å². The number of rotatable bonds is 9. The number of nitrogens with one attached hydrogen (secondary N) is 1. The Kier molecular flexibility index (Phi) is 7.30. The summed E-state index contributed by atoms with van der Waals surface area (Å²) in [4.78, 5) is 34.4. The maximum Gasteiger partial charge on any atom is 0.262 e. The Bertz CT molecular complexity index is 1240. The van der Waals surface area contributed by atoms with Crippen LogP contribution in [0.4, 0.5) is 0 Å². The minimum Gasteiger partial charge on any atom is -0.350 e. The largest absolute Gasteiger partial charge is 0.350 e. The van der Waals surface area contributed by atoms with Crippen LogP contribution in [0.3, 0.4) is 0 Å². The molecular formula is C25H24N4O2S. The van der Waals surface area contributed by atoms with Gasteiger partial charge in [0.25, 0.3) is 5.56 Å². The molecule has 0 bridgehead atoms. The normalized spacial score (nSPS) is 10.9. The van der Waals surface area contributed by atoms with E-state index in [2.05, 4.69) is 27.4 Å². The summed E-state index contributed by atoms with van der Waals surface area (Å²) in [5.41, 5.74) is 2.61. The Morgan fingerprint density at radius 3 is 2.56 bits per heavy atom. The summed E-state index contributed by atoms with van der Waals surface area (Å²) in [5, 5.41) is 4.03. The zero-order valence-electron chi connectivity index (χ0n) is 17.6. The number of benzene rings is 2. The molecule has 2 aromatic heterocycles. The lowest BCUT2D eigenvalue weighted by Gasteiger charge is -2.13. The molecule has 0 aliphatic carbocycles. The number of hydrogen-bond donors (Lipinski definition) is 1. The first kappa shape index (κ1) is 21.8. The van der Waals surface area contributed by atoms with Crippen molar-refractivity contribution < 1.29 is 4.79 Å². The van der Waals surface area contributed by atoms with E-state index in [9.17, 15) is 9.59 Å². The van der Waals surface area contributed by atoms with Gasteiger partial charge in [-0.05, 0) is 42.7 Å². The minimum absolute atomic E-state index is 0.0694. The van der Waals surface area contributed by atoms with Gasteiger partial charge in [0.15, 0.2) is 5.16 Å². The molecule has 0 fully saturated rings. The van der Waals surface area contributed by atoms with Crippen molar-refractivity contribution in [3.8, 4) is 0 Å². The minimum atomic E-state index is -0.126. The summed E-state index contributed by atoms with van der Waals surface area (Å²) < 4.78 is 1.70. The number of fused-ring (bicyclic) bond motifs is 1. The number of pyridine rings is 1. The Balaban J connectivity index is 1.46. The SMILES string of the molecule is O=C(CSc1nc2ccccc2c(=O)n1CCCc1ccccc1)NCc1ccccn1. The van der Waals surface area contributed by atoms with Crippen molar-refractivity contribution in [1.29, 1.82) is 0 Å². The smallest absolute Gasteiger partial charge is 0.262 e. The lowest BCUT2D eigenvalue weighted by atomic mass is 10.1. The third-order valence-corrected chi connectivity index (χ3v) is 6.02. The van der Waals surface area contributed by atoms with E-state index in [1.54, 1.807) is 16.8 Å². The van der Waals surface area contributed by atoms with Crippen molar-refractivity contribution in [2.75, 3.05) is 5.75 Å². The van der Waals surface area contributed by atoms with Crippen LogP contribution in [0.25, 0.3) is 10.9 Å². The molecule has 0 spiro atoms. The molecule has 0 aliphatic heterocycles. The van der Waals surface area contributed by atoms with Crippen LogP contribution < -0.4 is 10.9 Å². The average Bonchev–Trinajstić information content (AvgIpc) is 2.84. The number of thioether (sulfide) groups is 1. The first-order valence-corrected chi connectivity index (χ1v) is 11.5. The van der Waals surface area contributed by atoms with Gasteiger partial charge in [-0.1, -0.05) is 60.3 Å². The van der Waals surface area contributed by atoms with Crippen LogP contribution in [0.5, 0.6) is 0 Å². The number of carbonyl (C=O) groups excluding carboxylic acids is 1. The van der Waals surface area contributed by atoms with Crippen LogP contribution in [0.15, 0.2) is 88.9 Å². The van der Waals surface area contributed by atoms with E-state index in [1.165, 1.54) is 17.3 Å². The molecule has 7 heteroatoms. The summed E-state index contributed by atoms with van der Waals surface area (Å²) in [7, 11) is 0. The third kappa shape index (κ3) is 5.62. The van der Waals surface area contributed by atoms with E-state index in [1.807, 2.05) is 54.6 Å². The molecule has 4 aromatic rings. The number of carbonyl (C=O) groups is 1. The Morgan fingerprint density at radius 1 is 0.969 bits per heavy atom. The summed E-state index contributed by atoms with van der Waals surface area (Å²) in [6.45, 7) is 0.915. The maximum atomic E-state index is 13.1. The van der Waals surface area contributed by atoms with Crippen molar-refractivity contribution in [3.05, 3.63) is 101 Å². The molecule has 1 amide bonds. The number of para-hydroxylation sites is 1. The van der Waals surface area contributed by atoms with Crippen molar-refractivity contribution in [1.82, 2.24) is 19.9 Å². The lowest BCUT2D eigenvalue weighted by Crippen LogP contribution is -2.27. The number of amides is 1. The number of nitrogens with zero attached hydrogens (tertiary/aromatic N) is 3. The van der Waals surface area contributed by atoms with Gasteiger partial charge < -0.3 is 5.32 Å². The zero-order valence-corrected chi connectivity index (χ0v) is 18.4. The average molecular weight is 445 g/mol. The van der Waals surface area contributed by atoms with Crippen molar-refractivity contribution >= 4 is 28.6 Å². The van der Waals surface area contributed by atoms with E-state index < -0.39 is 0 Å². The molecule has 0 atom stereocenters. The molecule has 0 unspecified atom stereocenters. The highest BCUT2D eigenvalue weighted by Gasteiger charge is 2.13. The predicted molar refractivity (Wildman–Crippen MR) is 128 cm³/mol. The van der Waals surface area contributed by atoms with Crippen LogP contribution in [0, 0.1) is 0 Å². The van der Waals surface area contributed by atoms with Gasteiger partial charge in [0.2, 0.25) is 5.91 Å². The summed E-state index contributed by atoms with van der Waals surface area (Å²) >= 11 is 1.28. The van der Waals surface area contributed by atoms with Gasteiger partial charge in [0, 0.05) is 12.7 Å². The Hall–Kier alpha value is -3.45. The van der Waals surface area contributed by atoms with Gasteiger partial charge in [0.1, 0.15) is 0 Å². The molecule has 32 heavy (non-hydrogen) atoms. The molecule has 162 valence electrons. The Morgan fingerprint density at radius 2 is 1.75 bits per heavy atom. The topological polar surface area (TPSA) is 76.9 Å². The highest BCUT2D eigenvalue weighted by atomic mass is 32.2. The monoisotopic (exact) mass is 444 g/mol. The molecule has 0 saturated carbocycles. The second-order valence-electron chi connectivity index (χ2n) is 7.34. The molecule has 1 N–H and O–H groups in total. The van der Waals surface area contributed by atoms with Gasteiger partial charge in [-0.3, -0.25) is 19.1 Å². The van der Waals surface area contributed by atoms with E-state index >= 15 is 0 Å². The summed E-state index contributed by atoms with van der Waals surface area (Å²) in [6, 6.07) is 23.1. The Labute approximate surface area is 190 Å². The van der Waals surface area contributed by atoms with E-state index in [-0.39, 0.29) is 17.2 Å². The quantitative estimate of drug-likeness (QED) is 0.314. The molecule has 4 rings (SSSR count). The second-order valence-corrected chi connectivity index (χ2v) is 8.29. The molecule has 0 saturated heterocycles. The predicted octanol–water partition coefficient (Wildman–Crippen LogP) is 3.83. The first-order valence-electron chi connectivity index (χ1n) is 10.5. The molecule has 0 radical (unpaired) electrons. The zero-order chi connectivity index (χ0) is 22.2. The van der Waals surface area contributed by atoms with Crippen LogP contribution in [0.1, 0.15) is 17.7 Å². The van der Waals surface area contributed by atoms with Crippen molar-refractivity contribution in [2.24, 2.45) is 0 Å². The number of hydrogen-bond acceptors (Lipinski definition) is 5. The van der Waals surface area contributed by atoms with Crippen LogP contribution >= 0.6 is 11.8 Å². The van der Waals surface area contributed by atoms with Crippen molar-refractivity contribution in [2.45, 2.75) is 31.1 Å². The van der Waals surface area contributed by atoms with Gasteiger partial charge in [-0.2, -0.15) is 0 Å². The fourth-order valence-corrected chi connectivity index (χ4v) is 4.27. The molecular weight excluding hydrogens is 420 g/mol. The van der Waals surface area contributed by atoms with Gasteiger partial charge in [-0.15, -0.1) is 0 Å². The van der Waals surface area contributed by atoms with Gasteiger partial charge in [0.05, 0.1) is 28.9 Å². The van der Waals surface area contributed by atoms with E-state index in [0.717, 1.165) is 18.5 Å². The van der Waals surface area contributed by atoms with Crippen LogP contribution in [-0.4, -0.2) is 26.2 Å². The summed E-state index contributed by atoms with van der Waals surface area (Å²) in [5.74, 6) is 0.0509. The lowest BCUT2D eigenvalue weighted by molar-refractivity contribution is -0.118. The highest BCUT2D eigenvalue weighted by molar-refractivity contribution is 7.99.